The molecule has 2 aromatic carbocycles. The van der Waals surface area contributed by atoms with Crippen LogP contribution in [0.3, 0.4) is 0 Å². The Labute approximate surface area is 162 Å². The van der Waals surface area contributed by atoms with Gasteiger partial charge in [-0.2, -0.15) is 13.2 Å². The lowest BCUT2D eigenvalue weighted by atomic mass is 10.2. The quantitative estimate of drug-likeness (QED) is 0.487. The number of alkyl halides is 3. The summed E-state index contributed by atoms with van der Waals surface area (Å²) in [6.45, 7) is 0. The van der Waals surface area contributed by atoms with E-state index in [-0.39, 0.29) is 16.5 Å². The Kier molecular flexibility index (Phi) is 5.82. The molecule has 0 aliphatic carbocycles. The van der Waals surface area contributed by atoms with E-state index < -0.39 is 17.6 Å². The molecule has 1 heterocycles. The van der Waals surface area contributed by atoms with Gasteiger partial charge in [0, 0.05) is 4.90 Å². The minimum atomic E-state index is -4.53. The maximum Gasteiger partial charge on any atom is 0.416 e. The molecule has 0 spiro atoms. The summed E-state index contributed by atoms with van der Waals surface area (Å²) in [5.41, 5.74) is -1.03. The van der Waals surface area contributed by atoms with Crippen molar-refractivity contribution in [2.45, 2.75) is 16.8 Å². The Morgan fingerprint density at radius 1 is 1.07 bits per heavy atom. The standard InChI is InChI=1S/C19H13ClF3NO2S/c20-15-8-6-12(19(21,22)23)10-16(15)24-18(25)17-9-7-13(26-17)11-27-14-4-2-1-3-5-14/h1-10H,11H2,(H,24,25). The van der Waals surface area contributed by atoms with Crippen LogP contribution in [0.4, 0.5) is 18.9 Å². The van der Waals surface area contributed by atoms with Crippen LogP contribution in [0.25, 0.3) is 0 Å². The summed E-state index contributed by atoms with van der Waals surface area (Å²) >= 11 is 7.42. The molecule has 1 amide bonds. The van der Waals surface area contributed by atoms with Gasteiger partial charge in [-0.05, 0) is 42.5 Å². The van der Waals surface area contributed by atoms with Crippen molar-refractivity contribution in [1.29, 1.82) is 0 Å². The van der Waals surface area contributed by atoms with Crippen LogP contribution in [0, 0.1) is 0 Å². The molecule has 27 heavy (non-hydrogen) atoms. The van der Waals surface area contributed by atoms with Crippen LogP contribution in [-0.2, 0) is 11.9 Å². The Morgan fingerprint density at radius 2 is 1.81 bits per heavy atom. The van der Waals surface area contributed by atoms with E-state index >= 15 is 0 Å². The molecule has 0 saturated carbocycles. The van der Waals surface area contributed by atoms with Gasteiger partial charge in [0.1, 0.15) is 5.76 Å². The topological polar surface area (TPSA) is 42.2 Å². The normalized spacial score (nSPS) is 11.4. The van der Waals surface area contributed by atoms with Gasteiger partial charge in [-0.15, -0.1) is 11.8 Å². The van der Waals surface area contributed by atoms with E-state index in [1.165, 1.54) is 17.8 Å². The third-order valence-electron chi connectivity index (χ3n) is 3.55. The highest BCUT2D eigenvalue weighted by molar-refractivity contribution is 7.98. The van der Waals surface area contributed by atoms with Crippen molar-refractivity contribution in [3.05, 3.63) is 82.8 Å². The molecular formula is C19H13ClF3NO2S. The first-order chi connectivity index (χ1) is 12.8. The molecule has 0 atom stereocenters. The predicted octanol–water partition coefficient (Wildman–Crippen LogP) is 6.50. The predicted molar refractivity (Wildman–Crippen MR) is 99.1 cm³/mol. The number of hydrogen-bond acceptors (Lipinski definition) is 3. The monoisotopic (exact) mass is 411 g/mol. The molecule has 0 radical (unpaired) electrons. The maximum atomic E-state index is 12.8. The molecule has 140 valence electrons. The molecule has 3 rings (SSSR count). The molecule has 1 aromatic heterocycles. The third-order valence-corrected chi connectivity index (χ3v) is 4.92. The molecule has 0 aliphatic heterocycles. The van der Waals surface area contributed by atoms with Crippen LogP contribution in [0.15, 0.2) is 70.0 Å². The van der Waals surface area contributed by atoms with E-state index in [1.807, 2.05) is 30.3 Å². The van der Waals surface area contributed by atoms with Gasteiger partial charge in [-0.1, -0.05) is 29.8 Å². The molecule has 3 aromatic rings. The molecule has 0 unspecified atom stereocenters. The van der Waals surface area contributed by atoms with Crippen LogP contribution >= 0.6 is 23.4 Å². The number of benzene rings is 2. The molecule has 3 nitrogen and oxygen atoms in total. The van der Waals surface area contributed by atoms with Gasteiger partial charge < -0.3 is 9.73 Å². The first kappa shape index (κ1) is 19.4. The summed E-state index contributed by atoms with van der Waals surface area (Å²) in [7, 11) is 0. The minimum absolute atomic E-state index is 0.00256. The lowest BCUT2D eigenvalue weighted by Gasteiger charge is -2.11. The second-order valence-electron chi connectivity index (χ2n) is 5.51. The number of amides is 1. The summed E-state index contributed by atoms with van der Waals surface area (Å²) in [4.78, 5) is 13.3. The lowest BCUT2D eigenvalue weighted by molar-refractivity contribution is -0.137. The van der Waals surface area contributed by atoms with Crippen molar-refractivity contribution in [3.8, 4) is 0 Å². The molecule has 0 fully saturated rings. The van der Waals surface area contributed by atoms with Crippen LogP contribution in [0.5, 0.6) is 0 Å². The number of thioether (sulfide) groups is 1. The van der Waals surface area contributed by atoms with Crippen LogP contribution in [0.2, 0.25) is 5.02 Å². The van der Waals surface area contributed by atoms with Gasteiger partial charge >= 0.3 is 6.18 Å². The summed E-state index contributed by atoms with van der Waals surface area (Å²) in [5, 5.41) is 2.36. The van der Waals surface area contributed by atoms with E-state index in [9.17, 15) is 18.0 Å². The summed E-state index contributed by atoms with van der Waals surface area (Å²) in [6.07, 6.45) is -4.53. The highest BCUT2D eigenvalue weighted by atomic mass is 35.5. The first-order valence-electron chi connectivity index (χ1n) is 7.77. The average molecular weight is 412 g/mol. The second-order valence-corrected chi connectivity index (χ2v) is 6.97. The average Bonchev–Trinajstić information content (AvgIpc) is 3.11. The molecule has 0 saturated heterocycles. The fraction of sp³-hybridized carbons (Fsp3) is 0.105. The highest BCUT2D eigenvalue weighted by Crippen LogP contribution is 2.34. The zero-order valence-electron chi connectivity index (χ0n) is 13.7. The Bertz CT molecular complexity index is 942. The van der Waals surface area contributed by atoms with E-state index in [4.69, 9.17) is 16.0 Å². The van der Waals surface area contributed by atoms with Crippen molar-refractivity contribution >= 4 is 35.0 Å². The number of carbonyl (C=O) groups excluding carboxylic acids is 1. The maximum absolute atomic E-state index is 12.8. The number of carbonyl (C=O) groups is 1. The van der Waals surface area contributed by atoms with Crippen molar-refractivity contribution in [1.82, 2.24) is 0 Å². The number of rotatable bonds is 5. The zero-order valence-corrected chi connectivity index (χ0v) is 15.3. The van der Waals surface area contributed by atoms with Gasteiger partial charge in [0.15, 0.2) is 5.76 Å². The number of halogens is 4. The number of hydrogen-bond donors (Lipinski definition) is 1. The van der Waals surface area contributed by atoms with Crippen molar-refractivity contribution in [2.75, 3.05) is 5.32 Å². The molecule has 0 aliphatic rings. The number of nitrogens with one attached hydrogen (secondary N) is 1. The van der Waals surface area contributed by atoms with Gasteiger partial charge in [0.05, 0.1) is 22.0 Å². The Hall–Kier alpha value is -2.38. The Morgan fingerprint density at radius 3 is 2.52 bits per heavy atom. The van der Waals surface area contributed by atoms with E-state index in [1.54, 1.807) is 6.07 Å². The van der Waals surface area contributed by atoms with E-state index in [2.05, 4.69) is 5.32 Å². The van der Waals surface area contributed by atoms with Crippen molar-refractivity contribution in [2.24, 2.45) is 0 Å². The minimum Gasteiger partial charge on any atom is -0.455 e. The van der Waals surface area contributed by atoms with Gasteiger partial charge in [0.25, 0.3) is 5.91 Å². The SMILES string of the molecule is O=C(Nc1cc(C(F)(F)F)ccc1Cl)c1ccc(CSc2ccccc2)o1. The second kappa shape index (κ2) is 8.10. The number of anilines is 1. The fourth-order valence-corrected chi connectivity index (χ4v) is 3.21. The van der Waals surface area contributed by atoms with Crippen molar-refractivity contribution in [3.63, 3.8) is 0 Å². The van der Waals surface area contributed by atoms with Gasteiger partial charge in [-0.25, -0.2) is 0 Å². The molecule has 1 N–H and O–H groups in total. The van der Waals surface area contributed by atoms with Gasteiger partial charge in [-0.3, -0.25) is 4.79 Å². The summed E-state index contributed by atoms with van der Waals surface area (Å²) in [6, 6.07) is 15.5. The summed E-state index contributed by atoms with van der Waals surface area (Å²) < 4.78 is 43.9. The largest absolute Gasteiger partial charge is 0.455 e. The fourth-order valence-electron chi connectivity index (χ4n) is 2.23. The van der Waals surface area contributed by atoms with Gasteiger partial charge in [0.2, 0.25) is 0 Å². The smallest absolute Gasteiger partial charge is 0.416 e. The lowest BCUT2D eigenvalue weighted by Crippen LogP contribution is -2.13. The highest BCUT2D eigenvalue weighted by Gasteiger charge is 2.31. The number of furan rings is 1. The summed E-state index contributed by atoms with van der Waals surface area (Å²) in [5.74, 6) is 0.408. The van der Waals surface area contributed by atoms with Crippen LogP contribution in [0.1, 0.15) is 21.9 Å². The van der Waals surface area contributed by atoms with E-state index in [0.717, 1.165) is 23.1 Å². The van der Waals surface area contributed by atoms with Crippen molar-refractivity contribution < 1.29 is 22.4 Å². The van der Waals surface area contributed by atoms with Crippen LogP contribution in [-0.4, -0.2) is 5.91 Å². The zero-order chi connectivity index (χ0) is 19.4. The van der Waals surface area contributed by atoms with Crippen LogP contribution < -0.4 is 5.32 Å². The molecule has 0 bridgehead atoms. The third kappa shape index (κ3) is 5.08. The molecule has 8 heteroatoms. The van der Waals surface area contributed by atoms with E-state index in [0.29, 0.717) is 11.5 Å². The first-order valence-corrected chi connectivity index (χ1v) is 9.14. The molecular weight excluding hydrogens is 399 g/mol. The Balaban J connectivity index is 1.68.